The number of phenols is 1. The smallest absolute Gasteiger partial charge is 0.231 e. The summed E-state index contributed by atoms with van der Waals surface area (Å²) < 4.78 is 11.3. The van der Waals surface area contributed by atoms with Crippen LogP contribution in [0.5, 0.6) is 5.75 Å². The van der Waals surface area contributed by atoms with Crippen LogP contribution in [0.4, 0.5) is 0 Å². The van der Waals surface area contributed by atoms with Gasteiger partial charge in [-0.05, 0) is 67.8 Å². The number of amides is 1. The number of ether oxygens (including phenoxy) is 2. The van der Waals surface area contributed by atoms with Gasteiger partial charge in [-0.25, -0.2) is 0 Å². The lowest BCUT2D eigenvalue weighted by Crippen LogP contribution is -2.68. The van der Waals surface area contributed by atoms with Crippen LogP contribution >= 0.6 is 0 Å². The second-order valence-electron chi connectivity index (χ2n) is 9.88. The summed E-state index contributed by atoms with van der Waals surface area (Å²) in [5.74, 6) is 0.792. The number of piperidine rings is 2. The van der Waals surface area contributed by atoms with Crippen molar-refractivity contribution < 1.29 is 19.4 Å². The van der Waals surface area contributed by atoms with Crippen molar-refractivity contribution in [1.29, 1.82) is 0 Å². The third-order valence-corrected chi connectivity index (χ3v) is 7.98. The fraction of sp³-hybridized carbons (Fsp3) is 0.640. The molecule has 180 valence electrons. The zero-order valence-corrected chi connectivity index (χ0v) is 19.4. The van der Waals surface area contributed by atoms with Gasteiger partial charge >= 0.3 is 0 Å². The van der Waals surface area contributed by atoms with E-state index in [1.807, 2.05) is 12.1 Å². The third-order valence-electron chi connectivity index (χ3n) is 7.98. The molecule has 4 aliphatic rings. The van der Waals surface area contributed by atoms with Crippen molar-refractivity contribution >= 4 is 16.8 Å². The van der Waals surface area contributed by atoms with Gasteiger partial charge in [-0.15, -0.1) is 0 Å². The summed E-state index contributed by atoms with van der Waals surface area (Å²) >= 11 is 0. The molecular weight excluding hydrogens is 420 g/mol. The first-order valence-corrected chi connectivity index (χ1v) is 12.3. The molecule has 8 heteroatoms. The Morgan fingerprint density at radius 1 is 1.36 bits per heavy atom. The van der Waals surface area contributed by atoms with Gasteiger partial charge in [0.1, 0.15) is 18.0 Å². The highest BCUT2D eigenvalue weighted by Gasteiger charge is 2.61. The molecule has 1 amide bonds. The average molecular weight is 457 g/mol. The number of H-pyrrole nitrogens is 1. The van der Waals surface area contributed by atoms with Gasteiger partial charge in [0.05, 0.1) is 6.61 Å². The highest BCUT2D eigenvalue weighted by atomic mass is 16.7. The Balaban J connectivity index is 1.38. The number of nitrogens with two attached hydrogens (primary N) is 1. The standard InChI is InChI=1S/C25H36N4O4/c1-2-27-7-10-33-15-32-9-6-17-11-16-13-25(24(26)31)22-19(5-8-29(14-16)23(17)25)20-12-18(30)3-4-21(20)28-22/h3-4,12,16-17,23,27-28,30H,2,5-11,13-15H2,1H3,(H2,26,31). The van der Waals surface area contributed by atoms with Gasteiger partial charge in [0, 0.05) is 48.9 Å². The summed E-state index contributed by atoms with van der Waals surface area (Å²) in [6, 6.07) is 5.47. The molecule has 1 aromatic heterocycles. The molecular formula is C25H36N4O4. The average Bonchev–Trinajstić information content (AvgIpc) is 3.12. The zero-order valence-electron chi connectivity index (χ0n) is 19.4. The van der Waals surface area contributed by atoms with Crippen LogP contribution in [0.15, 0.2) is 18.2 Å². The predicted molar refractivity (Wildman–Crippen MR) is 126 cm³/mol. The van der Waals surface area contributed by atoms with E-state index in [2.05, 4.69) is 22.1 Å². The highest BCUT2D eigenvalue weighted by Crippen LogP contribution is 2.54. The summed E-state index contributed by atoms with van der Waals surface area (Å²) in [5.41, 5.74) is 8.58. The Kier molecular flexibility index (Phi) is 6.35. The number of primary amides is 1. The van der Waals surface area contributed by atoms with Crippen LogP contribution in [-0.2, 0) is 26.1 Å². The Labute approximate surface area is 194 Å². The molecule has 5 N–H and O–H groups in total. The van der Waals surface area contributed by atoms with Crippen LogP contribution in [0.3, 0.4) is 0 Å². The number of likely N-dealkylation sites (N-methyl/N-ethyl adjacent to an activating group) is 1. The lowest BCUT2D eigenvalue weighted by molar-refractivity contribution is -0.139. The number of aromatic amines is 1. The number of fused-ring (bicyclic) bond motifs is 4. The third kappa shape index (κ3) is 3.93. The monoisotopic (exact) mass is 456 g/mol. The highest BCUT2D eigenvalue weighted by molar-refractivity contribution is 5.93. The van der Waals surface area contributed by atoms with Gasteiger partial charge in [-0.1, -0.05) is 6.92 Å². The first kappa shape index (κ1) is 22.7. The summed E-state index contributed by atoms with van der Waals surface area (Å²) in [5, 5.41) is 14.3. The minimum absolute atomic E-state index is 0.0705. The molecule has 2 saturated heterocycles. The fourth-order valence-electron chi connectivity index (χ4n) is 6.80. The molecule has 0 radical (unpaired) electrons. The summed E-state index contributed by atoms with van der Waals surface area (Å²) in [7, 11) is 0. The zero-order chi connectivity index (χ0) is 23.0. The molecule has 1 aliphatic carbocycles. The maximum absolute atomic E-state index is 13.3. The minimum atomic E-state index is -0.728. The number of carbonyl (C=O) groups is 1. The number of carbonyl (C=O) groups excluding carboxylic acids is 1. The molecule has 1 saturated carbocycles. The lowest BCUT2D eigenvalue weighted by Gasteiger charge is -2.58. The Morgan fingerprint density at radius 2 is 2.21 bits per heavy atom. The number of nitrogens with zero attached hydrogens (tertiary/aromatic N) is 1. The van der Waals surface area contributed by atoms with E-state index in [9.17, 15) is 9.90 Å². The molecule has 6 rings (SSSR count). The molecule has 0 spiro atoms. The van der Waals surface area contributed by atoms with Crippen molar-refractivity contribution in [1.82, 2.24) is 15.2 Å². The molecule has 33 heavy (non-hydrogen) atoms. The second kappa shape index (κ2) is 9.25. The number of phenolic OH excluding ortho intramolecular Hbond substituents is 1. The van der Waals surface area contributed by atoms with Crippen molar-refractivity contribution in [2.24, 2.45) is 17.6 Å². The maximum Gasteiger partial charge on any atom is 0.231 e. The number of aromatic nitrogens is 1. The molecule has 8 nitrogen and oxygen atoms in total. The Hall–Kier alpha value is -2.13. The van der Waals surface area contributed by atoms with Crippen molar-refractivity contribution in [3.63, 3.8) is 0 Å². The summed E-state index contributed by atoms with van der Waals surface area (Å²) in [6.07, 6.45) is 3.64. The van der Waals surface area contributed by atoms with Crippen molar-refractivity contribution in [3.8, 4) is 5.75 Å². The van der Waals surface area contributed by atoms with E-state index in [1.165, 1.54) is 0 Å². The Morgan fingerprint density at radius 3 is 3.03 bits per heavy atom. The van der Waals surface area contributed by atoms with Gasteiger partial charge in [-0.2, -0.15) is 0 Å². The van der Waals surface area contributed by atoms with Crippen molar-refractivity contribution in [2.75, 3.05) is 46.2 Å². The SMILES string of the molecule is CCNCCOCOCCC1CC2CN3CCc4c([nH]c5ccc(O)cc45)C(C(N)=O)(C2)C13. The molecule has 4 bridgehead atoms. The topological polar surface area (TPSA) is 113 Å². The van der Waals surface area contributed by atoms with Gasteiger partial charge in [0.2, 0.25) is 5.91 Å². The Bertz CT molecular complexity index is 1010. The van der Waals surface area contributed by atoms with E-state index in [0.29, 0.717) is 31.8 Å². The van der Waals surface area contributed by atoms with Crippen LogP contribution in [0, 0.1) is 11.8 Å². The van der Waals surface area contributed by atoms with E-state index in [0.717, 1.165) is 74.0 Å². The number of hydrogen-bond acceptors (Lipinski definition) is 6. The van der Waals surface area contributed by atoms with E-state index in [4.69, 9.17) is 15.2 Å². The van der Waals surface area contributed by atoms with Gasteiger partial charge in [-0.3, -0.25) is 9.69 Å². The predicted octanol–water partition coefficient (Wildman–Crippen LogP) is 1.85. The lowest BCUT2D eigenvalue weighted by atomic mass is 9.56. The molecule has 1 aromatic carbocycles. The van der Waals surface area contributed by atoms with Gasteiger partial charge < -0.3 is 30.6 Å². The fourth-order valence-corrected chi connectivity index (χ4v) is 6.80. The number of nitrogens with one attached hydrogen (secondary N) is 2. The number of hydrogen-bond donors (Lipinski definition) is 4. The molecule has 2 aromatic rings. The van der Waals surface area contributed by atoms with Crippen LogP contribution in [0.25, 0.3) is 10.9 Å². The summed E-state index contributed by atoms with van der Waals surface area (Å²) in [6.45, 7) is 7.31. The van der Waals surface area contributed by atoms with Crippen molar-refractivity contribution in [3.05, 3.63) is 29.5 Å². The number of rotatable bonds is 10. The first-order chi connectivity index (χ1) is 16.0. The van der Waals surface area contributed by atoms with Gasteiger partial charge in [0.25, 0.3) is 0 Å². The molecule has 5 atom stereocenters. The van der Waals surface area contributed by atoms with Crippen LogP contribution in [0.1, 0.15) is 37.4 Å². The van der Waals surface area contributed by atoms with E-state index in [-0.39, 0.29) is 17.7 Å². The minimum Gasteiger partial charge on any atom is -0.508 e. The maximum atomic E-state index is 13.3. The van der Waals surface area contributed by atoms with Crippen molar-refractivity contribution in [2.45, 2.75) is 44.1 Å². The van der Waals surface area contributed by atoms with Gasteiger partial charge in [0.15, 0.2) is 0 Å². The van der Waals surface area contributed by atoms with Crippen LogP contribution < -0.4 is 11.1 Å². The molecule has 3 fully saturated rings. The molecule has 4 heterocycles. The van der Waals surface area contributed by atoms with E-state index >= 15 is 0 Å². The quantitative estimate of drug-likeness (QED) is 0.321. The van der Waals surface area contributed by atoms with E-state index in [1.54, 1.807) is 6.07 Å². The first-order valence-electron chi connectivity index (χ1n) is 12.3. The second-order valence-corrected chi connectivity index (χ2v) is 9.88. The number of aromatic hydroxyl groups is 1. The molecule has 5 unspecified atom stereocenters. The van der Waals surface area contributed by atoms with Crippen LogP contribution in [-0.4, -0.2) is 73.1 Å². The largest absolute Gasteiger partial charge is 0.508 e. The van der Waals surface area contributed by atoms with E-state index < -0.39 is 5.41 Å². The summed E-state index contributed by atoms with van der Waals surface area (Å²) in [4.78, 5) is 19.3. The molecule has 3 aliphatic heterocycles. The normalized spacial score (nSPS) is 30.3. The van der Waals surface area contributed by atoms with Crippen LogP contribution in [0.2, 0.25) is 0 Å². The number of benzene rings is 1.